The van der Waals surface area contributed by atoms with Crippen LogP contribution < -0.4 is 20.3 Å². The number of carbonyl (C=O) groups excluding carboxylic acids is 1. The summed E-state index contributed by atoms with van der Waals surface area (Å²) in [4.78, 5) is 25.0. The summed E-state index contributed by atoms with van der Waals surface area (Å²) in [5.74, 6) is 1.16. The topological polar surface area (TPSA) is 84.6 Å². The second kappa shape index (κ2) is 8.18. The van der Waals surface area contributed by atoms with Crippen molar-refractivity contribution in [3.05, 3.63) is 66.4 Å². The molecule has 2 N–H and O–H groups in total. The SMILES string of the molecule is COc1ccccc1N1CCN(c2nccc(-c3ccc(C(N)=O)cc3)n2)CC1. The van der Waals surface area contributed by atoms with E-state index in [1.165, 1.54) is 0 Å². The number of nitrogens with zero attached hydrogens (tertiary/aromatic N) is 4. The van der Waals surface area contributed by atoms with Crippen LogP contribution in [0.1, 0.15) is 10.4 Å². The Balaban J connectivity index is 1.48. The highest BCUT2D eigenvalue weighted by molar-refractivity contribution is 5.93. The van der Waals surface area contributed by atoms with Crippen LogP contribution in [0.25, 0.3) is 11.3 Å². The lowest BCUT2D eigenvalue weighted by Gasteiger charge is -2.36. The first kappa shape index (κ1) is 18.7. The number of primary amides is 1. The minimum absolute atomic E-state index is 0.437. The molecule has 0 radical (unpaired) electrons. The van der Waals surface area contributed by atoms with E-state index in [9.17, 15) is 4.79 Å². The molecule has 0 aliphatic carbocycles. The Kier molecular flexibility index (Phi) is 5.29. The number of amides is 1. The summed E-state index contributed by atoms with van der Waals surface area (Å²) < 4.78 is 5.49. The zero-order chi connectivity index (χ0) is 20.2. The standard InChI is InChI=1S/C22H23N5O2/c1-29-20-5-3-2-4-19(20)26-12-14-27(15-13-26)22-24-11-10-18(25-22)16-6-8-17(9-7-16)21(23)28/h2-11H,12-15H2,1H3,(H2,23,28). The second-order valence-electron chi connectivity index (χ2n) is 6.83. The van der Waals surface area contributed by atoms with Crippen molar-refractivity contribution in [2.24, 2.45) is 5.73 Å². The molecule has 0 bridgehead atoms. The largest absolute Gasteiger partial charge is 0.495 e. The molecule has 0 spiro atoms. The van der Waals surface area contributed by atoms with Gasteiger partial charge in [0, 0.05) is 43.5 Å². The van der Waals surface area contributed by atoms with E-state index in [0.29, 0.717) is 11.5 Å². The molecule has 29 heavy (non-hydrogen) atoms. The van der Waals surface area contributed by atoms with E-state index in [1.54, 1.807) is 25.4 Å². The second-order valence-corrected chi connectivity index (χ2v) is 6.83. The van der Waals surface area contributed by atoms with E-state index in [1.807, 2.05) is 36.4 Å². The molecule has 1 aromatic heterocycles. The number of carbonyl (C=O) groups is 1. The van der Waals surface area contributed by atoms with Gasteiger partial charge in [-0.15, -0.1) is 0 Å². The summed E-state index contributed by atoms with van der Waals surface area (Å²) in [7, 11) is 1.70. The maximum absolute atomic E-state index is 11.3. The van der Waals surface area contributed by atoms with Crippen molar-refractivity contribution in [1.29, 1.82) is 0 Å². The number of benzene rings is 2. The van der Waals surface area contributed by atoms with Gasteiger partial charge in [0.15, 0.2) is 0 Å². The van der Waals surface area contributed by atoms with Crippen LogP contribution >= 0.6 is 0 Å². The van der Waals surface area contributed by atoms with Gasteiger partial charge in [-0.3, -0.25) is 4.79 Å². The average Bonchev–Trinajstić information content (AvgIpc) is 2.79. The van der Waals surface area contributed by atoms with Crippen LogP contribution in [0.15, 0.2) is 60.8 Å². The van der Waals surface area contributed by atoms with Crippen LogP contribution in [0.5, 0.6) is 5.75 Å². The fourth-order valence-corrected chi connectivity index (χ4v) is 3.51. The van der Waals surface area contributed by atoms with Crippen molar-refractivity contribution in [2.45, 2.75) is 0 Å². The number of methoxy groups -OCH3 is 1. The van der Waals surface area contributed by atoms with Gasteiger partial charge in [0.05, 0.1) is 18.5 Å². The molecule has 1 aliphatic heterocycles. The molecule has 148 valence electrons. The van der Waals surface area contributed by atoms with Gasteiger partial charge in [0.25, 0.3) is 0 Å². The molecule has 1 aliphatic rings. The normalized spacial score (nSPS) is 14.0. The van der Waals surface area contributed by atoms with Gasteiger partial charge >= 0.3 is 0 Å². The van der Waals surface area contributed by atoms with Gasteiger partial charge in [-0.2, -0.15) is 0 Å². The van der Waals surface area contributed by atoms with Gasteiger partial charge in [0.2, 0.25) is 11.9 Å². The molecule has 4 rings (SSSR count). The number of rotatable bonds is 5. The Morgan fingerprint density at radius 2 is 1.66 bits per heavy atom. The zero-order valence-corrected chi connectivity index (χ0v) is 16.3. The van der Waals surface area contributed by atoms with Crippen molar-refractivity contribution >= 4 is 17.5 Å². The molecule has 3 aromatic rings. The van der Waals surface area contributed by atoms with Crippen LogP contribution in [-0.2, 0) is 0 Å². The Morgan fingerprint density at radius 1 is 0.966 bits per heavy atom. The van der Waals surface area contributed by atoms with Crippen LogP contribution in [-0.4, -0.2) is 49.2 Å². The first-order valence-electron chi connectivity index (χ1n) is 9.52. The third-order valence-electron chi connectivity index (χ3n) is 5.10. The predicted molar refractivity (Wildman–Crippen MR) is 113 cm³/mol. The summed E-state index contributed by atoms with van der Waals surface area (Å²) in [6.45, 7) is 3.37. The highest BCUT2D eigenvalue weighted by Crippen LogP contribution is 2.29. The van der Waals surface area contributed by atoms with Crippen molar-refractivity contribution in [3.63, 3.8) is 0 Å². The Morgan fingerprint density at radius 3 is 2.34 bits per heavy atom. The Labute approximate surface area is 169 Å². The minimum Gasteiger partial charge on any atom is -0.495 e. The lowest BCUT2D eigenvalue weighted by molar-refractivity contribution is 0.100. The lowest BCUT2D eigenvalue weighted by atomic mass is 10.1. The molecular formula is C22H23N5O2. The summed E-state index contributed by atoms with van der Waals surface area (Å²) in [6, 6.07) is 17.1. The van der Waals surface area contributed by atoms with Crippen LogP contribution in [0.4, 0.5) is 11.6 Å². The van der Waals surface area contributed by atoms with Crippen molar-refractivity contribution in [1.82, 2.24) is 9.97 Å². The first-order chi connectivity index (χ1) is 14.2. The van der Waals surface area contributed by atoms with Crippen LogP contribution in [0.3, 0.4) is 0 Å². The maximum atomic E-state index is 11.3. The van der Waals surface area contributed by atoms with Crippen molar-refractivity contribution < 1.29 is 9.53 Å². The van der Waals surface area contributed by atoms with Gasteiger partial charge in [-0.25, -0.2) is 9.97 Å². The quantitative estimate of drug-likeness (QED) is 0.722. The Hall–Kier alpha value is -3.61. The number of ether oxygens (including phenoxy) is 1. The lowest BCUT2D eigenvalue weighted by Crippen LogP contribution is -2.47. The monoisotopic (exact) mass is 389 g/mol. The third kappa shape index (κ3) is 3.99. The molecular weight excluding hydrogens is 366 g/mol. The third-order valence-corrected chi connectivity index (χ3v) is 5.10. The summed E-state index contributed by atoms with van der Waals surface area (Å²) in [6.07, 6.45) is 1.77. The molecule has 7 nitrogen and oxygen atoms in total. The van der Waals surface area contributed by atoms with Crippen LogP contribution in [0, 0.1) is 0 Å². The van der Waals surface area contributed by atoms with Crippen LogP contribution in [0.2, 0.25) is 0 Å². The van der Waals surface area contributed by atoms with E-state index < -0.39 is 5.91 Å². The molecule has 0 unspecified atom stereocenters. The summed E-state index contributed by atoms with van der Waals surface area (Å²) >= 11 is 0. The number of nitrogens with two attached hydrogens (primary N) is 1. The molecule has 0 saturated carbocycles. The zero-order valence-electron chi connectivity index (χ0n) is 16.3. The molecule has 2 aromatic carbocycles. The molecule has 0 atom stereocenters. The number of aromatic nitrogens is 2. The fourth-order valence-electron chi connectivity index (χ4n) is 3.51. The van der Waals surface area contributed by atoms with E-state index in [2.05, 4.69) is 20.9 Å². The van der Waals surface area contributed by atoms with Gasteiger partial charge in [-0.1, -0.05) is 24.3 Å². The molecule has 1 amide bonds. The highest BCUT2D eigenvalue weighted by atomic mass is 16.5. The summed E-state index contributed by atoms with van der Waals surface area (Å²) in [5, 5.41) is 0. The number of piperazine rings is 1. The maximum Gasteiger partial charge on any atom is 0.248 e. The number of para-hydroxylation sites is 2. The average molecular weight is 389 g/mol. The van der Waals surface area contributed by atoms with Gasteiger partial charge < -0.3 is 20.3 Å². The smallest absolute Gasteiger partial charge is 0.248 e. The van der Waals surface area contributed by atoms with Crippen molar-refractivity contribution in [3.8, 4) is 17.0 Å². The van der Waals surface area contributed by atoms with Gasteiger partial charge in [0.1, 0.15) is 5.75 Å². The first-order valence-corrected chi connectivity index (χ1v) is 9.52. The van der Waals surface area contributed by atoms with E-state index in [4.69, 9.17) is 15.5 Å². The highest BCUT2D eigenvalue weighted by Gasteiger charge is 2.21. The van der Waals surface area contributed by atoms with E-state index in [-0.39, 0.29) is 0 Å². The fraction of sp³-hybridized carbons (Fsp3) is 0.227. The van der Waals surface area contributed by atoms with Crippen molar-refractivity contribution in [2.75, 3.05) is 43.1 Å². The number of hydrogen-bond acceptors (Lipinski definition) is 6. The minimum atomic E-state index is -0.437. The molecule has 2 heterocycles. The molecule has 7 heteroatoms. The number of hydrogen-bond donors (Lipinski definition) is 1. The van der Waals surface area contributed by atoms with E-state index in [0.717, 1.165) is 48.9 Å². The summed E-state index contributed by atoms with van der Waals surface area (Å²) in [5.41, 5.74) is 8.64. The number of anilines is 2. The van der Waals surface area contributed by atoms with Gasteiger partial charge in [-0.05, 0) is 30.3 Å². The Bertz CT molecular complexity index is 998. The molecule has 1 saturated heterocycles. The van der Waals surface area contributed by atoms with E-state index >= 15 is 0 Å². The molecule has 1 fully saturated rings. The predicted octanol–water partition coefficient (Wildman–Crippen LogP) is 2.58.